The van der Waals surface area contributed by atoms with E-state index in [1.807, 2.05) is 17.5 Å². The van der Waals surface area contributed by atoms with E-state index >= 15 is 0 Å². The number of amides is 2. The zero-order valence-electron chi connectivity index (χ0n) is 11.3. The van der Waals surface area contributed by atoms with Crippen LogP contribution in [0, 0.1) is 5.92 Å². The number of nitrogens with zero attached hydrogens (tertiary/aromatic N) is 3. The van der Waals surface area contributed by atoms with Crippen LogP contribution in [0.3, 0.4) is 0 Å². The Morgan fingerprint density at radius 1 is 1.45 bits per heavy atom. The Balaban J connectivity index is 1.73. The molecule has 3 rings (SSSR count). The van der Waals surface area contributed by atoms with E-state index in [1.54, 1.807) is 19.0 Å². The maximum atomic E-state index is 12.3. The van der Waals surface area contributed by atoms with E-state index in [9.17, 15) is 9.59 Å². The smallest absolute Gasteiger partial charge is 0.271 e. The van der Waals surface area contributed by atoms with Gasteiger partial charge >= 0.3 is 0 Å². The van der Waals surface area contributed by atoms with Gasteiger partial charge in [-0.15, -0.1) is 11.3 Å². The van der Waals surface area contributed by atoms with Crippen molar-refractivity contribution in [1.29, 1.82) is 0 Å². The predicted molar refractivity (Wildman–Crippen MR) is 74.7 cm³/mol. The molecule has 2 aliphatic rings. The predicted octanol–water partition coefficient (Wildman–Crippen LogP) is 0.663. The van der Waals surface area contributed by atoms with E-state index in [0.717, 1.165) is 0 Å². The highest BCUT2D eigenvalue weighted by atomic mass is 32.1. The van der Waals surface area contributed by atoms with Gasteiger partial charge in [0.05, 0.1) is 17.3 Å². The van der Waals surface area contributed by atoms with Crippen molar-refractivity contribution in [2.24, 2.45) is 11.1 Å². The van der Waals surface area contributed by atoms with Gasteiger partial charge in [-0.1, -0.05) is 11.2 Å². The molecule has 1 saturated heterocycles. The summed E-state index contributed by atoms with van der Waals surface area (Å²) >= 11 is 1.42. The van der Waals surface area contributed by atoms with E-state index in [0.29, 0.717) is 23.7 Å². The normalized spacial score (nSPS) is 24.1. The van der Waals surface area contributed by atoms with Crippen molar-refractivity contribution in [2.75, 3.05) is 27.2 Å². The van der Waals surface area contributed by atoms with Gasteiger partial charge in [0.15, 0.2) is 11.8 Å². The van der Waals surface area contributed by atoms with Crippen LogP contribution in [0.15, 0.2) is 22.7 Å². The molecular weight excluding hydrogens is 278 g/mol. The van der Waals surface area contributed by atoms with E-state index in [-0.39, 0.29) is 23.8 Å². The first-order valence-electron chi connectivity index (χ1n) is 6.36. The maximum Gasteiger partial charge on any atom is 0.271 e. The van der Waals surface area contributed by atoms with Crippen molar-refractivity contribution in [2.45, 2.75) is 6.10 Å². The van der Waals surface area contributed by atoms with Gasteiger partial charge in [0.1, 0.15) is 0 Å². The fraction of sp³-hybridized carbons (Fsp3) is 0.462. The summed E-state index contributed by atoms with van der Waals surface area (Å²) in [5.74, 6) is -0.272. The first kappa shape index (κ1) is 13.1. The molecule has 0 N–H and O–H groups in total. The van der Waals surface area contributed by atoms with E-state index < -0.39 is 0 Å². The molecule has 106 valence electrons. The Labute approximate surface area is 120 Å². The molecule has 0 unspecified atom stereocenters. The van der Waals surface area contributed by atoms with Crippen molar-refractivity contribution in [3.8, 4) is 0 Å². The van der Waals surface area contributed by atoms with Crippen LogP contribution in [0.25, 0.3) is 0 Å². The first-order chi connectivity index (χ1) is 9.58. The van der Waals surface area contributed by atoms with Crippen molar-refractivity contribution in [1.82, 2.24) is 9.80 Å². The third-order valence-corrected chi connectivity index (χ3v) is 4.41. The number of hydrogen-bond donors (Lipinski definition) is 0. The Kier molecular flexibility index (Phi) is 3.21. The van der Waals surface area contributed by atoms with Gasteiger partial charge in [0, 0.05) is 20.6 Å². The van der Waals surface area contributed by atoms with Crippen LogP contribution in [0.1, 0.15) is 9.67 Å². The number of thiophene rings is 1. The van der Waals surface area contributed by atoms with Crippen molar-refractivity contribution in [3.63, 3.8) is 0 Å². The van der Waals surface area contributed by atoms with Crippen LogP contribution in [0.5, 0.6) is 0 Å². The summed E-state index contributed by atoms with van der Waals surface area (Å²) in [4.78, 5) is 33.5. The fourth-order valence-corrected chi connectivity index (χ4v) is 3.17. The molecule has 3 heterocycles. The molecule has 6 nitrogen and oxygen atoms in total. The molecule has 0 aromatic carbocycles. The summed E-state index contributed by atoms with van der Waals surface area (Å²) in [6.07, 6.45) is -0.196. The van der Waals surface area contributed by atoms with Crippen molar-refractivity contribution in [3.05, 3.63) is 22.4 Å². The zero-order chi connectivity index (χ0) is 14.3. The number of hydrogen-bond acceptors (Lipinski definition) is 5. The average Bonchev–Trinajstić information content (AvgIpc) is 3.12. The number of rotatable bonds is 2. The molecule has 2 aliphatic heterocycles. The molecule has 7 heteroatoms. The summed E-state index contributed by atoms with van der Waals surface area (Å²) in [6.45, 7) is 0.967. The molecule has 1 fully saturated rings. The molecule has 2 amide bonds. The van der Waals surface area contributed by atoms with Gasteiger partial charge in [-0.25, -0.2) is 0 Å². The first-order valence-corrected chi connectivity index (χ1v) is 7.24. The molecule has 1 aromatic heterocycles. The highest BCUT2D eigenvalue weighted by Gasteiger charge is 2.46. The van der Waals surface area contributed by atoms with Crippen molar-refractivity contribution < 1.29 is 14.4 Å². The molecule has 0 radical (unpaired) electrons. The Morgan fingerprint density at radius 3 is 2.90 bits per heavy atom. The van der Waals surface area contributed by atoms with E-state index in [2.05, 4.69) is 5.16 Å². The number of oxime groups is 1. The molecule has 2 atom stereocenters. The SMILES string of the molecule is CN(C)C(=O)C1=NO[C@@H]2CN(C(=O)c3cccs3)C[C@H]12. The lowest BCUT2D eigenvalue weighted by Crippen LogP contribution is -2.36. The molecular formula is C13H15N3O3S. The molecule has 0 aliphatic carbocycles. The van der Waals surface area contributed by atoms with Crippen molar-refractivity contribution >= 4 is 28.9 Å². The second-order valence-corrected chi connectivity index (χ2v) is 6.06. The molecule has 1 aromatic rings. The Morgan fingerprint density at radius 2 is 2.25 bits per heavy atom. The summed E-state index contributed by atoms with van der Waals surface area (Å²) < 4.78 is 0. The number of fused-ring (bicyclic) bond motifs is 1. The van der Waals surface area contributed by atoms with Gasteiger partial charge in [0.2, 0.25) is 0 Å². The van der Waals surface area contributed by atoms with Crippen LogP contribution in [-0.2, 0) is 9.63 Å². The highest BCUT2D eigenvalue weighted by molar-refractivity contribution is 7.12. The highest BCUT2D eigenvalue weighted by Crippen LogP contribution is 2.29. The quantitative estimate of drug-likeness (QED) is 0.805. The monoisotopic (exact) mass is 293 g/mol. The Hall–Kier alpha value is -1.89. The lowest BCUT2D eigenvalue weighted by Gasteiger charge is -2.16. The Bertz CT molecular complexity index is 567. The minimum absolute atomic E-state index is 0.00495. The van der Waals surface area contributed by atoms with E-state index in [1.165, 1.54) is 16.2 Å². The average molecular weight is 293 g/mol. The summed E-state index contributed by atoms with van der Waals surface area (Å²) in [5.41, 5.74) is 0.418. The van der Waals surface area contributed by atoms with Crippen LogP contribution >= 0.6 is 11.3 Å². The van der Waals surface area contributed by atoms with Crippen LogP contribution in [0.4, 0.5) is 0 Å². The van der Waals surface area contributed by atoms with E-state index in [4.69, 9.17) is 4.84 Å². The molecule has 0 spiro atoms. The minimum atomic E-state index is -0.196. The van der Waals surface area contributed by atoms with Gasteiger partial charge in [-0.2, -0.15) is 0 Å². The zero-order valence-corrected chi connectivity index (χ0v) is 12.1. The second kappa shape index (κ2) is 4.90. The lowest BCUT2D eigenvalue weighted by atomic mass is 10.00. The molecule has 20 heavy (non-hydrogen) atoms. The standard InChI is InChI=1S/C13H15N3O3S/c1-15(2)13(18)11-8-6-16(7-9(8)19-14-11)12(17)10-4-3-5-20-10/h3-5,8-9H,6-7H2,1-2H3/t8-,9+/m0/s1. The third kappa shape index (κ3) is 2.07. The number of carbonyl (C=O) groups excluding carboxylic acids is 2. The summed E-state index contributed by atoms with van der Waals surface area (Å²) in [6, 6.07) is 3.66. The fourth-order valence-electron chi connectivity index (χ4n) is 2.48. The topological polar surface area (TPSA) is 62.2 Å². The van der Waals surface area contributed by atoms with Gasteiger partial charge in [-0.3, -0.25) is 9.59 Å². The third-order valence-electron chi connectivity index (χ3n) is 3.55. The van der Waals surface area contributed by atoms with Crippen LogP contribution in [0.2, 0.25) is 0 Å². The molecule has 0 bridgehead atoms. The van der Waals surface area contributed by atoms with Crippen LogP contribution < -0.4 is 0 Å². The minimum Gasteiger partial charge on any atom is -0.389 e. The lowest BCUT2D eigenvalue weighted by molar-refractivity contribution is -0.122. The summed E-state index contributed by atoms with van der Waals surface area (Å²) in [5, 5.41) is 5.77. The van der Waals surface area contributed by atoms with Gasteiger partial charge in [0.25, 0.3) is 11.8 Å². The van der Waals surface area contributed by atoms with Gasteiger partial charge in [-0.05, 0) is 11.4 Å². The van der Waals surface area contributed by atoms with Gasteiger partial charge < -0.3 is 14.6 Å². The largest absolute Gasteiger partial charge is 0.389 e. The summed E-state index contributed by atoms with van der Waals surface area (Å²) in [7, 11) is 3.36. The van der Waals surface area contributed by atoms with Crippen LogP contribution in [-0.4, -0.2) is 60.6 Å². The maximum absolute atomic E-state index is 12.3. The number of likely N-dealkylation sites (tertiary alicyclic amines) is 1. The second-order valence-electron chi connectivity index (χ2n) is 5.11. The number of carbonyl (C=O) groups is 2. The molecule has 0 saturated carbocycles.